The minimum Gasteiger partial charge on any atom is -0.497 e. The number of imidazole rings is 1. The van der Waals surface area contributed by atoms with Crippen molar-refractivity contribution in [3.63, 3.8) is 0 Å². The SMILES string of the molecule is COc1ccc(NC(=O)CSc2nccn2-c2cccc(Cl)c2)c(OC)c1. The zero-order valence-corrected chi connectivity index (χ0v) is 16.4. The Morgan fingerprint density at radius 1 is 1.22 bits per heavy atom. The van der Waals surface area contributed by atoms with E-state index in [9.17, 15) is 4.79 Å². The van der Waals surface area contributed by atoms with Crippen molar-refractivity contribution in [3.05, 3.63) is 59.9 Å². The lowest BCUT2D eigenvalue weighted by Crippen LogP contribution is -2.15. The molecular weight excluding hydrogens is 386 g/mol. The molecule has 6 nitrogen and oxygen atoms in total. The molecule has 0 unspecified atom stereocenters. The van der Waals surface area contributed by atoms with Crippen LogP contribution in [0.5, 0.6) is 11.5 Å². The molecule has 0 fully saturated rings. The quantitative estimate of drug-likeness (QED) is 0.596. The van der Waals surface area contributed by atoms with Crippen LogP contribution in [0.25, 0.3) is 5.69 Å². The fraction of sp³-hybridized carbons (Fsp3) is 0.158. The van der Waals surface area contributed by atoms with Crippen molar-refractivity contribution in [1.29, 1.82) is 0 Å². The average Bonchev–Trinajstić information content (AvgIpc) is 3.15. The Morgan fingerprint density at radius 3 is 2.81 bits per heavy atom. The molecule has 8 heteroatoms. The topological polar surface area (TPSA) is 65.4 Å². The molecule has 0 atom stereocenters. The van der Waals surface area contributed by atoms with Crippen molar-refractivity contribution in [2.75, 3.05) is 25.3 Å². The predicted octanol–water partition coefficient (Wildman–Crippen LogP) is 4.27. The molecule has 1 heterocycles. The number of ether oxygens (including phenoxy) is 2. The molecule has 0 aliphatic carbocycles. The fourth-order valence-corrected chi connectivity index (χ4v) is 3.39. The van der Waals surface area contributed by atoms with E-state index < -0.39 is 0 Å². The molecule has 0 saturated heterocycles. The molecule has 3 aromatic rings. The summed E-state index contributed by atoms with van der Waals surface area (Å²) >= 11 is 7.39. The van der Waals surface area contributed by atoms with Crippen LogP contribution in [0.15, 0.2) is 60.0 Å². The lowest BCUT2D eigenvalue weighted by atomic mass is 10.2. The van der Waals surface area contributed by atoms with E-state index in [-0.39, 0.29) is 11.7 Å². The Kier molecular flexibility index (Phi) is 6.26. The molecule has 0 saturated carbocycles. The van der Waals surface area contributed by atoms with Gasteiger partial charge in [0.15, 0.2) is 5.16 Å². The molecule has 3 rings (SSSR count). The minimum atomic E-state index is -0.163. The maximum atomic E-state index is 12.4. The smallest absolute Gasteiger partial charge is 0.234 e. The lowest BCUT2D eigenvalue weighted by Gasteiger charge is -2.12. The number of carbonyl (C=O) groups excluding carboxylic acids is 1. The highest BCUT2D eigenvalue weighted by molar-refractivity contribution is 7.99. The number of hydrogen-bond acceptors (Lipinski definition) is 5. The number of anilines is 1. The van der Waals surface area contributed by atoms with E-state index in [0.29, 0.717) is 27.4 Å². The van der Waals surface area contributed by atoms with Crippen LogP contribution >= 0.6 is 23.4 Å². The summed E-state index contributed by atoms with van der Waals surface area (Å²) < 4.78 is 12.3. The van der Waals surface area contributed by atoms with Gasteiger partial charge in [-0.1, -0.05) is 29.4 Å². The van der Waals surface area contributed by atoms with Crippen LogP contribution < -0.4 is 14.8 Å². The molecule has 27 heavy (non-hydrogen) atoms. The highest BCUT2D eigenvalue weighted by atomic mass is 35.5. The van der Waals surface area contributed by atoms with Crippen molar-refractivity contribution >= 4 is 35.0 Å². The van der Waals surface area contributed by atoms with Gasteiger partial charge in [-0.25, -0.2) is 4.98 Å². The van der Waals surface area contributed by atoms with Gasteiger partial charge in [0.05, 0.1) is 25.7 Å². The predicted molar refractivity (Wildman–Crippen MR) is 107 cm³/mol. The standard InChI is InChI=1S/C19H18ClN3O3S/c1-25-15-6-7-16(17(11-15)26-2)22-18(24)12-27-19-21-8-9-23(19)14-5-3-4-13(20)10-14/h3-11H,12H2,1-2H3,(H,22,24). The molecule has 0 aliphatic heterocycles. The summed E-state index contributed by atoms with van der Waals surface area (Å²) in [5, 5.41) is 4.19. The van der Waals surface area contributed by atoms with E-state index >= 15 is 0 Å². The van der Waals surface area contributed by atoms with Crippen molar-refractivity contribution in [2.45, 2.75) is 5.16 Å². The molecule has 0 spiro atoms. The van der Waals surface area contributed by atoms with Gasteiger partial charge >= 0.3 is 0 Å². The summed E-state index contributed by atoms with van der Waals surface area (Å²) in [6.07, 6.45) is 3.52. The maximum Gasteiger partial charge on any atom is 0.234 e. The molecule has 0 radical (unpaired) electrons. The molecule has 140 valence electrons. The van der Waals surface area contributed by atoms with E-state index in [4.69, 9.17) is 21.1 Å². The fourth-order valence-electron chi connectivity index (χ4n) is 2.44. The largest absolute Gasteiger partial charge is 0.497 e. The van der Waals surface area contributed by atoms with Gasteiger partial charge in [-0.05, 0) is 30.3 Å². The highest BCUT2D eigenvalue weighted by Gasteiger charge is 2.12. The normalized spacial score (nSPS) is 10.5. The van der Waals surface area contributed by atoms with Gasteiger partial charge in [-0.3, -0.25) is 9.36 Å². The third-order valence-corrected chi connectivity index (χ3v) is 4.91. The zero-order valence-electron chi connectivity index (χ0n) is 14.8. The number of carbonyl (C=O) groups is 1. The highest BCUT2D eigenvalue weighted by Crippen LogP contribution is 2.29. The Bertz CT molecular complexity index is 945. The van der Waals surface area contributed by atoms with Crippen molar-refractivity contribution < 1.29 is 14.3 Å². The second-order valence-electron chi connectivity index (χ2n) is 5.46. The van der Waals surface area contributed by atoms with Gasteiger partial charge in [0.1, 0.15) is 11.5 Å². The van der Waals surface area contributed by atoms with Gasteiger partial charge in [0, 0.05) is 29.2 Å². The number of methoxy groups -OCH3 is 2. The Hall–Kier alpha value is -2.64. The second-order valence-corrected chi connectivity index (χ2v) is 6.84. The zero-order chi connectivity index (χ0) is 19.2. The number of nitrogens with zero attached hydrogens (tertiary/aromatic N) is 2. The number of rotatable bonds is 7. The van der Waals surface area contributed by atoms with Gasteiger partial charge in [-0.15, -0.1) is 0 Å². The van der Waals surface area contributed by atoms with Crippen molar-refractivity contribution in [2.24, 2.45) is 0 Å². The monoisotopic (exact) mass is 403 g/mol. The minimum absolute atomic E-state index is 0.163. The van der Waals surface area contributed by atoms with Gasteiger partial charge in [0.2, 0.25) is 5.91 Å². The third-order valence-electron chi connectivity index (χ3n) is 3.71. The van der Waals surface area contributed by atoms with Crippen molar-refractivity contribution in [3.8, 4) is 17.2 Å². The van der Waals surface area contributed by atoms with Gasteiger partial charge in [0.25, 0.3) is 0 Å². The van der Waals surface area contributed by atoms with E-state index in [2.05, 4.69) is 10.3 Å². The van der Waals surface area contributed by atoms with E-state index in [1.165, 1.54) is 11.8 Å². The Labute approximate surface area is 166 Å². The Morgan fingerprint density at radius 2 is 2.07 bits per heavy atom. The number of aromatic nitrogens is 2. The summed E-state index contributed by atoms with van der Waals surface area (Å²) in [5.41, 5.74) is 1.47. The molecule has 1 N–H and O–H groups in total. The first-order chi connectivity index (χ1) is 13.1. The molecule has 1 amide bonds. The maximum absolute atomic E-state index is 12.4. The van der Waals surface area contributed by atoms with Crippen molar-refractivity contribution in [1.82, 2.24) is 9.55 Å². The van der Waals surface area contributed by atoms with E-state index in [1.807, 2.05) is 35.0 Å². The second kappa shape index (κ2) is 8.83. The van der Waals surface area contributed by atoms with Crippen LogP contribution in [0.2, 0.25) is 5.02 Å². The summed E-state index contributed by atoms with van der Waals surface area (Å²) in [7, 11) is 3.12. The van der Waals surface area contributed by atoms with Gasteiger partial charge < -0.3 is 14.8 Å². The van der Waals surface area contributed by atoms with Crippen LogP contribution in [0.3, 0.4) is 0 Å². The lowest BCUT2D eigenvalue weighted by molar-refractivity contribution is -0.113. The molecule has 2 aromatic carbocycles. The summed E-state index contributed by atoms with van der Waals surface area (Å²) in [4.78, 5) is 16.7. The van der Waals surface area contributed by atoms with Crippen LogP contribution in [-0.4, -0.2) is 35.4 Å². The number of halogens is 1. The van der Waals surface area contributed by atoms with Crippen LogP contribution in [0.4, 0.5) is 5.69 Å². The number of nitrogens with one attached hydrogen (secondary N) is 1. The average molecular weight is 404 g/mol. The molecule has 0 aliphatic rings. The number of amides is 1. The molecule has 0 bridgehead atoms. The molecule has 1 aromatic heterocycles. The number of benzene rings is 2. The summed E-state index contributed by atoms with van der Waals surface area (Å²) in [6.45, 7) is 0. The summed E-state index contributed by atoms with van der Waals surface area (Å²) in [5.74, 6) is 1.23. The van der Waals surface area contributed by atoms with Crippen LogP contribution in [0, 0.1) is 0 Å². The number of thioether (sulfide) groups is 1. The third kappa shape index (κ3) is 4.75. The first-order valence-corrected chi connectivity index (χ1v) is 9.41. The number of hydrogen-bond donors (Lipinski definition) is 1. The van der Waals surface area contributed by atoms with Crippen LogP contribution in [-0.2, 0) is 4.79 Å². The first kappa shape index (κ1) is 19.1. The van der Waals surface area contributed by atoms with E-state index in [1.54, 1.807) is 38.6 Å². The summed E-state index contributed by atoms with van der Waals surface area (Å²) in [6, 6.07) is 12.7. The first-order valence-electron chi connectivity index (χ1n) is 8.04. The van der Waals surface area contributed by atoms with E-state index in [0.717, 1.165) is 5.69 Å². The molecular formula is C19H18ClN3O3S. The van der Waals surface area contributed by atoms with Gasteiger partial charge in [-0.2, -0.15) is 0 Å². The Balaban J connectivity index is 1.66. The van der Waals surface area contributed by atoms with Crippen LogP contribution in [0.1, 0.15) is 0 Å².